The molecule has 1 aliphatic rings. The van der Waals surface area contributed by atoms with Gasteiger partial charge in [-0.25, -0.2) is 4.98 Å². The van der Waals surface area contributed by atoms with Gasteiger partial charge in [-0.2, -0.15) is 5.10 Å². The number of furan rings is 1. The lowest BCUT2D eigenvalue weighted by atomic mass is 10.1. The molecule has 0 unspecified atom stereocenters. The second kappa shape index (κ2) is 5.21. The zero-order valence-corrected chi connectivity index (χ0v) is 12.8. The maximum atomic E-state index is 5.95. The molecule has 0 saturated heterocycles. The number of H-pyrrole nitrogens is 1. The minimum atomic E-state index is 0.665. The Morgan fingerprint density at radius 2 is 1.88 bits per heavy atom. The Balaban J connectivity index is 1.56. The van der Waals surface area contributed by atoms with E-state index in [9.17, 15) is 0 Å². The van der Waals surface area contributed by atoms with Crippen LogP contribution in [-0.4, -0.2) is 19.7 Å². The number of fused-ring (bicyclic) bond motifs is 1. The fraction of sp³-hybridized carbons (Fsp3) is 0.111. The Bertz CT molecular complexity index is 998. The third-order valence-electron chi connectivity index (χ3n) is 4.22. The molecule has 0 amide bonds. The quantitative estimate of drug-likeness (QED) is 0.627. The molecular formula is C18H14N4O2. The highest BCUT2D eigenvalue weighted by Crippen LogP contribution is 2.29. The normalized spacial score (nSPS) is 13.3. The first kappa shape index (κ1) is 13.3. The highest BCUT2D eigenvalue weighted by atomic mass is 16.5. The van der Waals surface area contributed by atoms with Crippen LogP contribution in [0.2, 0.25) is 0 Å². The van der Waals surface area contributed by atoms with Crippen LogP contribution in [0.5, 0.6) is 0 Å². The van der Waals surface area contributed by atoms with Gasteiger partial charge in [0.2, 0.25) is 0 Å². The first-order valence-corrected chi connectivity index (χ1v) is 7.72. The number of nitrogens with one attached hydrogen (secondary N) is 1. The predicted molar refractivity (Wildman–Crippen MR) is 87.3 cm³/mol. The molecule has 1 aromatic carbocycles. The molecule has 3 aromatic heterocycles. The van der Waals surface area contributed by atoms with Gasteiger partial charge in [0.15, 0.2) is 17.3 Å². The number of aromatic nitrogens is 4. The smallest absolute Gasteiger partial charge is 0.180 e. The molecule has 5 rings (SSSR count). The van der Waals surface area contributed by atoms with Crippen molar-refractivity contribution in [2.24, 2.45) is 0 Å². The van der Waals surface area contributed by atoms with Crippen molar-refractivity contribution in [3.05, 3.63) is 66.1 Å². The van der Waals surface area contributed by atoms with Crippen LogP contribution in [0.1, 0.15) is 11.1 Å². The molecule has 0 spiro atoms. The van der Waals surface area contributed by atoms with E-state index in [0.717, 1.165) is 23.0 Å². The number of benzene rings is 1. The zero-order valence-electron chi connectivity index (χ0n) is 12.8. The molecule has 0 atom stereocenters. The van der Waals surface area contributed by atoms with Crippen LogP contribution in [0.15, 0.2) is 59.4 Å². The number of hydrogen-bond donors (Lipinski definition) is 1. The van der Waals surface area contributed by atoms with Crippen molar-refractivity contribution in [3.8, 4) is 28.7 Å². The summed E-state index contributed by atoms with van der Waals surface area (Å²) in [7, 11) is 0. The van der Waals surface area contributed by atoms with Gasteiger partial charge >= 0.3 is 0 Å². The summed E-state index contributed by atoms with van der Waals surface area (Å²) in [6, 6.07) is 12.0. The van der Waals surface area contributed by atoms with Crippen molar-refractivity contribution in [3.63, 3.8) is 0 Å². The van der Waals surface area contributed by atoms with Crippen LogP contribution in [0, 0.1) is 0 Å². The van der Waals surface area contributed by atoms with Gasteiger partial charge in [0.1, 0.15) is 5.69 Å². The Morgan fingerprint density at radius 3 is 2.79 bits per heavy atom. The summed E-state index contributed by atoms with van der Waals surface area (Å²) in [5.41, 5.74) is 4.37. The summed E-state index contributed by atoms with van der Waals surface area (Å²) in [4.78, 5) is 4.46. The van der Waals surface area contributed by atoms with E-state index in [0.29, 0.717) is 19.0 Å². The minimum Gasteiger partial charge on any atom is -0.451 e. The molecule has 1 aliphatic heterocycles. The van der Waals surface area contributed by atoms with Crippen molar-refractivity contribution in [1.82, 2.24) is 19.7 Å². The van der Waals surface area contributed by atoms with E-state index in [2.05, 4.69) is 33.4 Å². The molecule has 4 aromatic rings. The van der Waals surface area contributed by atoms with E-state index >= 15 is 0 Å². The van der Waals surface area contributed by atoms with Crippen LogP contribution >= 0.6 is 0 Å². The maximum Gasteiger partial charge on any atom is 0.180 e. The third kappa shape index (κ3) is 2.08. The van der Waals surface area contributed by atoms with E-state index in [-0.39, 0.29) is 0 Å². The Kier molecular flexibility index (Phi) is 2.89. The van der Waals surface area contributed by atoms with E-state index < -0.39 is 0 Å². The van der Waals surface area contributed by atoms with Gasteiger partial charge in [-0.3, -0.25) is 9.67 Å². The summed E-state index contributed by atoms with van der Waals surface area (Å²) >= 11 is 0. The average Bonchev–Trinajstić information content (AvgIpc) is 3.41. The van der Waals surface area contributed by atoms with Crippen molar-refractivity contribution in [1.29, 1.82) is 0 Å². The molecule has 1 N–H and O–H groups in total. The van der Waals surface area contributed by atoms with Crippen molar-refractivity contribution in [2.75, 3.05) is 0 Å². The van der Waals surface area contributed by atoms with Crippen molar-refractivity contribution >= 4 is 0 Å². The molecule has 4 heterocycles. The Labute approximate surface area is 137 Å². The zero-order chi connectivity index (χ0) is 15.9. The van der Waals surface area contributed by atoms with E-state index in [1.54, 1.807) is 12.4 Å². The number of rotatable bonds is 3. The topological polar surface area (TPSA) is 68.9 Å². The van der Waals surface area contributed by atoms with E-state index in [1.165, 1.54) is 11.1 Å². The summed E-state index contributed by atoms with van der Waals surface area (Å²) in [6.07, 6.45) is 5.41. The second-order valence-corrected chi connectivity index (χ2v) is 5.70. The van der Waals surface area contributed by atoms with E-state index in [4.69, 9.17) is 9.15 Å². The van der Waals surface area contributed by atoms with Gasteiger partial charge in [-0.1, -0.05) is 6.07 Å². The van der Waals surface area contributed by atoms with E-state index in [1.807, 2.05) is 29.0 Å². The summed E-state index contributed by atoms with van der Waals surface area (Å²) in [5.74, 6) is 2.21. The molecule has 118 valence electrons. The largest absolute Gasteiger partial charge is 0.451 e. The maximum absolute atomic E-state index is 5.95. The molecule has 0 saturated carbocycles. The number of imidazole rings is 1. The molecule has 6 heteroatoms. The van der Waals surface area contributed by atoms with Gasteiger partial charge < -0.3 is 9.15 Å². The first-order chi connectivity index (χ1) is 11.9. The first-order valence-electron chi connectivity index (χ1n) is 7.72. The molecule has 6 nitrogen and oxygen atoms in total. The lowest BCUT2D eigenvalue weighted by molar-refractivity contribution is 0.134. The Hall–Kier alpha value is -3.12. The monoisotopic (exact) mass is 318 g/mol. The van der Waals surface area contributed by atoms with Crippen LogP contribution in [-0.2, 0) is 18.0 Å². The summed E-state index contributed by atoms with van der Waals surface area (Å²) in [6.45, 7) is 1.36. The molecule has 0 fully saturated rings. The molecule has 0 aliphatic carbocycles. The molecule has 24 heavy (non-hydrogen) atoms. The fourth-order valence-corrected chi connectivity index (χ4v) is 3.00. The van der Waals surface area contributed by atoms with Gasteiger partial charge in [-0.15, -0.1) is 0 Å². The standard InChI is InChI=1S/C18H14N4O2/c1-2-14(9-13-11-23-10-12(1)13)22-8-7-19-18(22)17-4-3-16(24-17)15-5-6-20-21-15/h1-9H,10-11H2,(H,20,21). The predicted octanol–water partition coefficient (Wildman–Crippen LogP) is 3.55. The number of hydrogen-bond acceptors (Lipinski definition) is 4. The minimum absolute atomic E-state index is 0.665. The number of ether oxygens (including phenoxy) is 1. The van der Waals surface area contributed by atoms with Crippen molar-refractivity contribution < 1.29 is 9.15 Å². The fourth-order valence-electron chi connectivity index (χ4n) is 3.00. The molecule has 0 radical (unpaired) electrons. The number of aromatic amines is 1. The average molecular weight is 318 g/mol. The van der Waals surface area contributed by atoms with Gasteiger partial charge in [0.05, 0.1) is 13.2 Å². The SMILES string of the molecule is c1cc(-c2ccc(-c3nccn3-c3ccc4c(c3)COC4)o2)[nH]n1. The summed E-state index contributed by atoms with van der Waals surface area (Å²) < 4.78 is 13.5. The number of nitrogens with zero attached hydrogens (tertiary/aromatic N) is 3. The lowest BCUT2D eigenvalue weighted by Crippen LogP contribution is -1.97. The molecule has 0 bridgehead atoms. The third-order valence-corrected chi connectivity index (χ3v) is 4.22. The molecular weight excluding hydrogens is 304 g/mol. The highest BCUT2D eigenvalue weighted by Gasteiger charge is 2.16. The lowest BCUT2D eigenvalue weighted by Gasteiger charge is -2.08. The highest BCUT2D eigenvalue weighted by molar-refractivity contribution is 5.60. The van der Waals surface area contributed by atoms with Gasteiger partial charge in [0, 0.05) is 24.3 Å². The van der Waals surface area contributed by atoms with Crippen LogP contribution in [0.25, 0.3) is 28.7 Å². The summed E-state index contributed by atoms with van der Waals surface area (Å²) in [5, 5.41) is 6.85. The second-order valence-electron chi connectivity index (χ2n) is 5.70. The van der Waals surface area contributed by atoms with Gasteiger partial charge in [0.25, 0.3) is 0 Å². The van der Waals surface area contributed by atoms with Gasteiger partial charge in [-0.05, 0) is 41.5 Å². The van der Waals surface area contributed by atoms with Crippen LogP contribution < -0.4 is 0 Å². The van der Waals surface area contributed by atoms with Crippen LogP contribution in [0.4, 0.5) is 0 Å². The van der Waals surface area contributed by atoms with Crippen molar-refractivity contribution in [2.45, 2.75) is 13.2 Å². The van der Waals surface area contributed by atoms with Crippen LogP contribution in [0.3, 0.4) is 0 Å². The Morgan fingerprint density at radius 1 is 0.958 bits per heavy atom.